The lowest BCUT2D eigenvalue weighted by Crippen LogP contribution is -2.15. The van der Waals surface area contributed by atoms with Crippen LogP contribution in [0.4, 0.5) is 5.69 Å². The summed E-state index contributed by atoms with van der Waals surface area (Å²) in [5.41, 5.74) is 4.50. The van der Waals surface area contributed by atoms with Crippen molar-refractivity contribution in [1.29, 1.82) is 0 Å². The van der Waals surface area contributed by atoms with Gasteiger partial charge in [0.15, 0.2) is 0 Å². The molecule has 2 atom stereocenters. The van der Waals surface area contributed by atoms with Gasteiger partial charge in [0.25, 0.3) is 0 Å². The van der Waals surface area contributed by atoms with Gasteiger partial charge in [-0.1, -0.05) is 13.0 Å². The molecule has 0 heterocycles. The Balaban J connectivity index is 1.71. The molecule has 0 aliphatic heterocycles. The first-order valence-electron chi connectivity index (χ1n) is 6.69. The second-order valence-corrected chi connectivity index (χ2v) is 5.60. The molecule has 1 N–H and O–H groups in total. The highest BCUT2D eigenvalue weighted by Crippen LogP contribution is 2.29. The van der Waals surface area contributed by atoms with Gasteiger partial charge < -0.3 is 5.32 Å². The standard InChI is InChI=1S/C15H21N/c1-11-5-7-14(9-11)16-15-8-6-12-3-2-4-13(12)10-15/h6,8,10-11,14,16H,2-5,7,9H2,1H3. The van der Waals surface area contributed by atoms with Crippen molar-refractivity contribution in [2.24, 2.45) is 5.92 Å². The average Bonchev–Trinajstić information content (AvgIpc) is 2.87. The highest BCUT2D eigenvalue weighted by atomic mass is 14.9. The fourth-order valence-corrected chi connectivity index (χ4v) is 3.24. The van der Waals surface area contributed by atoms with Gasteiger partial charge in [-0.2, -0.15) is 0 Å². The van der Waals surface area contributed by atoms with E-state index < -0.39 is 0 Å². The molecule has 2 aliphatic rings. The lowest BCUT2D eigenvalue weighted by Gasteiger charge is -2.15. The molecule has 0 bridgehead atoms. The predicted molar refractivity (Wildman–Crippen MR) is 68.9 cm³/mol. The number of fused-ring (bicyclic) bond motifs is 1. The Hall–Kier alpha value is -0.980. The largest absolute Gasteiger partial charge is 0.382 e. The third kappa shape index (κ3) is 1.95. The summed E-state index contributed by atoms with van der Waals surface area (Å²) < 4.78 is 0. The topological polar surface area (TPSA) is 12.0 Å². The second-order valence-electron chi connectivity index (χ2n) is 5.60. The number of rotatable bonds is 2. The summed E-state index contributed by atoms with van der Waals surface area (Å²) >= 11 is 0. The minimum Gasteiger partial charge on any atom is -0.382 e. The summed E-state index contributed by atoms with van der Waals surface area (Å²) in [5.74, 6) is 0.909. The Kier molecular flexibility index (Phi) is 2.62. The van der Waals surface area contributed by atoms with Crippen molar-refractivity contribution in [2.75, 3.05) is 5.32 Å². The molecule has 1 nitrogen and oxygen atoms in total. The summed E-state index contributed by atoms with van der Waals surface area (Å²) in [6.07, 6.45) is 8.00. The average molecular weight is 215 g/mol. The van der Waals surface area contributed by atoms with E-state index in [0.29, 0.717) is 0 Å². The van der Waals surface area contributed by atoms with E-state index in [4.69, 9.17) is 0 Å². The van der Waals surface area contributed by atoms with E-state index >= 15 is 0 Å². The summed E-state index contributed by atoms with van der Waals surface area (Å²) in [5, 5.41) is 3.70. The molecule has 0 radical (unpaired) electrons. The molecular weight excluding hydrogens is 194 g/mol. The first kappa shape index (κ1) is 10.2. The summed E-state index contributed by atoms with van der Waals surface area (Å²) in [6, 6.07) is 7.69. The van der Waals surface area contributed by atoms with Gasteiger partial charge in [0, 0.05) is 11.7 Å². The molecule has 1 aromatic rings. The van der Waals surface area contributed by atoms with Crippen molar-refractivity contribution in [1.82, 2.24) is 0 Å². The van der Waals surface area contributed by atoms with E-state index in [0.717, 1.165) is 12.0 Å². The molecule has 2 unspecified atom stereocenters. The molecule has 1 aromatic carbocycles. The van der Waals surface area contributed by atoms with Gasteiger partial charge in [-0.3, -0.25) is 0 Å². The van der Waals surface area contributed by atoms with Crippen molar-refractivity contribution in [3.8, 4) is 0 Å². The van der Waals surface area contributed by atoms with Crippen LogP contribution < -0.4 is 5.32 Å². The van der Waals surface area contributed by atoms with Crippen LogP contribution in [0.2, 0.25) is 0 Å². The van der Waals surface area contributed by atoms with Gasteiger partial charge in [-0.05, 0) is 67.7 Å². The molecule has 86 valence electrons. The third-order valence-electron chi connectivity index (χ3n) is 4.16. The van der Waals surface area contributed by atoms with Gasteiger partial charge in [0.1, 0.15) is 0 Å². The Bertz CT molecular complexity index is 383. The summed E-state index contributed by atoms with van der Waals surface area (Å²) in [7, 11) is 0. The third-order valence-corrected chi connectivity index (χ3v) is 4.16. The van der Waals surface area contributed by atoms with Crippen LogP contribution in [0, 0.1) is 5.92 Å². The molecule has 16 heavy (non-hydrogen) atoms. The zero-order valence-corrected chi connectivity index (χ0v) is 10.1. The van der Waals surface area contributed by atoms with E-state index in [1.54, 1.807) is 11.1 Å². The zero-order chi connectivity index (χ0) is 11.0. The molecule has 1 heteroatoms. The Morgan fingerprint density at radius 3 is 2.81 bits per heavy atom. The maximum absolute atomic E-state index is 3.70. The Labute approximate surface area is 98.3 Å². The monoisotopic (exact) mass is 215 g/mol. The van der Waals surface area contributed by atoms with Crippen LogP contribution in [0.25, 0.3) is 0 Å². The van der Waals surface area contributed by atoms with E-state index in [1.165, 1.54) is 44.2 Å². The van der Waals surface area contributed by atoms with Crippen LogP contribution in [0.1, 0.15) is 43.7 Å². The number of hydrogen-bond acceptors (Lipinski definition) is 1. The number of nitrogens with one attached hydrogen (secondary N) is 1. The fraction of sp³-hybridized carbons (Fsp3) is 0.600. The molecule has 1 fully saturated rings. The molecule has 3 rings (SSSR count). The lowest BCUT2D eigenvalue weighted by atomic mass is 10.1. The van der Waals surface area contributed by atoms with E-state index in [-0.39, 0.29) is 0 Å². The number of hydrogen-bond donors (Lipinski definition) is 1. The molecule has 2 aliphatic carbocycles. The lowest BCUT2D eigenvalue weighted by molar-refractivity contribution is 0.602. The van der Waals surface area contributed by atoms with Crippen molar-refractivity contribution in [3.63, 3.8) is 0 Å². The van der Waals surface area contributed by atoms with Gasteiger partial charge in [0.05, 0.1) is 0 Å². The van der Waals surface area contributed by atoms with Crippen LogP contribution in [-0.4, -0.2) is 6.04 Å². The Morgan fingerprint density at radius 2 is 2.00 bits per heavy atom. The number of benzene rings is 1. The maximum Gasteiger partial charge on any atom is 0.0345 e. The fourth-order valence-electron chi connectivity index (χ4n) is 3.24. The summed E-state index contributed by atoms with van der Waals surface area (Å²) in [6.45, 7) is 2.37. The maximum atomic E-state index is 3.70. The molecular formula is C15H21N. The normalized spacial score (nSPS) is 28.1. The van der Waals surface area contributed by atoms with Crippen molar-refractivity contribution in [2.45, 2.75) is 51.5 Å². The molecule has 1 saturated carbocycles. The van der Waals surface area contributed by atoms with Gasteiger partial charge >= 0.3 is 0 Å². The van der Waals surface area contributed by atoms with Crippen LogP contribution >= 0.6 is 0 Å². The summed E-state index contributed by atoms with van der Waals surface area (Å²) in [4.78, 5) is 0. The predicted octanol–water partition coefficient (Wildman–Crippen LogP) is 3.78. The smallest absolute Gasteiger partial charge is 0.0345 e. The van der Waals surface area contributed by atoms with Crippen molar-refractivity contribution in [3.05, 3.63) is 29.3 Å². The van der Waals surface area contributed by atoms with Crippen molar-refractivity contribution >= 4 is 5.69 Å². The number of anilines is 1. The highest BCUT2D eigenvalue weighted by Gasteiger charge is 2.21. The van der Waals surface area contributed by atoms with Gasteiger partial charge in [-0.15, -0.1) is 0 Å². The zero-order valence-electron chi connectivity index (χ0n) is 10.1. The quantitative estimate of drug-likeness (QED) is 0.791. The van der Waals surface area contributed by atoms with Gasteiger partial charge in [-0.25, -0.2) is 0 Å². The van der Waals surface area contributed by atoms with E-state index in [1.807, 2.05) is 0 Å². The van der Waals surface area contributed by atoms with Gasteiger partial charge in [0.2, 0.25) is 0 Å². The molecule has 0 aromatic heterocycles. The van der Waals surface area contributed by atoms with Crippen LogP contribution in [0.5, 0.6) is 0 Å². The Morgan fingerprint density at radius 1 is 1.12 bits per heavy atom. The van der Waals surface area contributed by atoms with Crippen LogP contribution in [0.15, 0.2) is 18.2 Å². The SMILES string of the molecule is CC1CCC(Nc2ccc3c(c2)CCC3)C1. The number of aryl methyl sites for hydroxylation is 2. The molecule has 0 spiro atoms. The first-order valence-corrected chi connectivity index (χ1v) is 6.69. The van der Waals surface area contributed by atoms with E-state index in [2.05, 4.69) is 30.4 Å². The molecule has 0 saturated heterocycles. The van der Waals surface area contributed by atoms with Crippen molar-refractivity contribution < 1.29 is 0 Å². The van der Waals surface area contributed by atoms with Crippen LogP contribution in [0.3, 0.4) is 0 Å². The minimum atomic E-state index is 0.717. The highest BCUT2D eigenvalue weighted by molar-refractivity contribution is 5.50. The molecule has 0 amide bonds. The van der Waals surface area contributed by atoms with Crippen LogP contribution in [-0.2, 0) is 12.8 Å². The second kappa shape index (κ2) is 4.12. The minimum absolute atomic E-state index is 0.717. The van der Waals surface area contributed by atoms with E-state index in [9.17, 15) is 0 Å². The first-order chi connectivity index (χ1) is 7.81.